The van der Waals surface area contributed by atoms with Gasteiger partial charge in [-0.25, -0.2) is 0 Å². The number of carbonyl (C=O) groups is 1. The lowest BCUT2D eigenvalue weighted by Gasteiger charge is -2.40. The fourth-order valence-corrected chi connectivity index (χ4v) is 1.99. The van der Waals surface area contributed by atoms with Crippen molar-refractivity contribution in [1.29, 1.82) is 0 Å². The molecule has 0 radical (unpaired) electrons. The minimum absolute atomic E-state index is 0.0775. The molecule has 0 saturated carbocycles. The summed E-state index contributed by atoms with van der Waals surface area (Å²) in [5.41, 5.74) is 0.882. The van der Waals surface area contributed by atoms with Crippen LogP contribution < -0.4 is 0 Å². The van der Waals surface area contributed by atoms with Crippen molar-refractivity contribution in [3.8, 4) is 0 Å². The van der Waals surface area contributed by atoms with E-state index in [4.69, 9.17) is 4.74 Å². The first kappa shape index (κ1) is 11.1. The van der Waals surface area contributed by atoms with Crippen LogP contribution in [0.5, 0.6) is 0 Å². The molecule has 3 nitrogen and oxygen atoms in total. The molecule has 0 aliphatic carbocycles. The second-order valence-electron chi connectivity index (χ2n) is 4.83. The highest BCUT2D eigenvalue weighted by atomic mass is 16.5. The van der Waals surface area contributed by atoms with Gasteiger partial charge < -0.3 is 9.64 Å². The number of hydrogen-bond acceptors (Lipinski definition) is 2. The minimum Gasteiger partial charge on any atom is -0.380 e. The zero-order valence-electron chi connectivity index (χ0n) is 9.77. The molecule has 0 N–H and O–H groups in total. The molecule has 1 aromatic carbocycles. The van der Waals surface area contributed by atoms with Crippen molar-refractivity contribution in [3.63, 3.8) is 0 Å². The second kappa shape index (κ2) is 4.26. The van der Waals surface area contributed by atoms with Crippen molar-refractivity contribution >= 4 is 5.91 Å². The fraction of sp³-hybridized carbons (Fsp3) is 0.462. The molecule has 0 unspecified atom stereocenters. The molecule has 3 heteroatoms. The molecule has 1 saturated heterocycles. The van der Waals surface area contributed by atoms with E-state index < -0.39 is 0 Å². The molecule has 1 heterocycles. The van der Waals surface area contributed by atoms with Crippen LogP contribution >= 0.6 is 0 Å². The number of carbonyl (C=O) groups excluding carboxylic acids is 1. The quantitative estimate of drug-likeness (QED) is 0.775. The summed E-state index contributed by atoms with van der Waals surface area (Å²) in [5, 5.41) is 0. The molecular weight excluding hydrogens is 202 g/mol. The Morgan fingerprint density at radius 3 is 2.50 bits per heavy atom. The van der Waals surface area contributed by atoms with Gasteiger partial charge in [0.2, 0.25) is 0 Å². The van der Waals surface area contributed by atoms with Crippen molar-refractivity contribution in [1.82, 2.24) is 4.90 Å². The highest BCUT2D eigenvalue weighted by Gasteiger charge is 2.35. The summed E-state index contributed by atoms with van der Waals surface area (Å²) in [6.45, 7) is 4.39. The Labute approximate surface area is 96.0 Å². The largest absolute Gasteiger partial charge is 0.380 e. The second-order valence-corrected chi connectivity index (χ2v) is 4.83. The van der Waals surface area contributed by atoms with Crippen LogP contribution in [-0.2, 0) is 4.74 Å². The van der Waals surface area contributed by atoms with E-state index in [0.29, 0.717) is 0 Å². The summed E-state index contributed by atoms with van der Waals surface area (Å²) < 4.78 is 5.19. The molecule has 86 valence electrons. The monoisotopic (exact) mass is 219 g/mol. The van der Waals surface area contributed by atoms with Crippen molar-refractivity contribution in [2.75, 3.05) is 26.8 Å². The first-order valence-electron chi connectivity index (χ1n) is 5.49. The summed E-state index contributed by atoms with van der Waals surface area (Å²) in [5.74, 6) is 0.0775. The average Bonchev–Trinajstić information content (AvgIpc) is 2.27. The smallest absolute Gasteiger partial charge is 0.253 e. The van der Waals surface area contributed by atoms with E-state index in [1.165, 1.54) is 0 Å². The number of amides is 1. The van der Waals surface area contributed by atoms with Crippen LogP contribution in [-0.4, -0.2) is 37.6 Å². The van der Waals surface area contributed by atoms with Crippen LogP contribution in [0.25, 0.3) is 0 Å². The molecular formula is C13H17NO2. The van der Waals surface area contributed by atoms with Crippen molar-refractivity contribution in [3.05, 3.63) is 35.9 Å². The standard InChI is InChI=1S/C13H17NO2/c1-13(9-16-10-13)8-14(2)12(15)11-6-4-3-5-7-11/h3-7H,8-10H2,1-2H3. The van der Waals surface area contributed by atoms with Gasteiger partial charge in [0.15, 0.2) is 0 Å². The number of ether oxygens (including phenoxy) is 1. The lowest BCUT2D eigenvalue weighted by molar-refractivity contribution is -0.109. The molecule has 1 aromatic rings. The van der Waals surface area contributed by atoms with E-state index in [2.05, 4.69) is 6.92 Å². The number of rotatable bonds is 3. The van der Waals surface area contributed by atoms with Gasteiger partial charge in [0.25, 0.3) is 5.91 Å². The van der Waals surface area contributed by atoms with Crippen molar-refractivity contribution in [2.24, 2.45) is 5.41 Å². The highest BCUT2D eigenvalue weighted by Crippen LogP contribution is 2.27. The molecule has 1 aliphatic heterocycles. The third-order valence-electron chi connectivity index (χ3n) is 2.89. The Morgan fingerprint density at radius 2 is 2.00 bits per heavy atom. The predicted octanol–water partition coefficient (Wildman–Crippen LogP) is 1.80. The molecule has 2 rings (SSSR count). The van der Waals surface area contributed by atoms with Crippen LogP contribution in [0.3, 0.4) is 0 Å². The Kier molecular flexibility index (Phi) is 2.97. The maximum absolute atomic E-state index is 12.0. The first-order valence-corrected chi connectivity index (χ1v) is 5.49. The summed E-state index contributed by atoms with van der Waals surface area (Å²) >= 11 is 0. The average molecular weight is 219 g/mol. The predicted molar refractivity (Wildman–Crippen MR) is 62.3 cm³/mol. The van der Waals surface area contributed by atoms with Gasteiger partial charge in [-0.15, -0.1) is 0 Å². The molecule has 1 fully saturated rings. The maximum Gasteiger partial charge on any atom is 0.253 e. The first-order chi connectivity index (χ1) is 7.61. The van der Waals surface area contributed by atoms with Crippen molar-refractivity contribution < 1.29 is 9.53 Å². The van der Waals surface area contributed by atoms with E-state index in [-0.39, 0.29) is 11.3 Å². The van der Waals surface area contributed by atoms with Gasteiger partial charge in [0.1, 0.15) is 0 Å². The van der Waals surface area contributed by atoms with Gasteiger partial charge in [-0.2, -0.15) is 0 Å². The normalized spacial score (nSPS) is 17.6. The van der Waals surface area contributed by atoms with Crippen LogP contribution in [0.4, 0.5) is 0 Å². The van der Waals surface area contributed by atoms with Crippen LogP contribution in [0.1, 0.15) is 17.3 Å². The summed E-state index contributed by atoms with van der Waals surface area (Å²) in [7, 11) is 1.85. The third-order valence-corrected chi connectivity index (χ3v) is 2.89. The SMILES string of the molecule is CN(CC1(C)COC1)C(=O)c1ccccc1. The van der Waals surface area contributed by atoms with Gasteiger partial charge >= 0.3 is 0 Å². The maximum atomic E-state index is 12.0. The van der Waals surface area contributed by atoms with Crippen molar-refractivity contribution in [2.45, 2.75) is 6.92 Å². The molecule has 0 atom stereocenters. The van der Waals surface area contributed by atoms with Crippen LogP contribution in [0.15, 0.2) is 30.3 Å². The Balaban J connectivity index is 1.99. The van der Waals surface area contributed by atoms with E-state index in [0.717, 1.165) is 25.3 Å². The highest BCUT2D eigenvalue weighted by molar-refractivity contribution is 5.94. The zero-order chi connectivity index (χ0) is 11.6. The van der Waals surface area contributed by atoms with E-state index in [9.17, 15) is 4.79 Å². The fourth-order valence-electron chi connectivity index (χ4n) is 1.99. The molecule has 0 aromatic heterocycles. The van der Waals surface area contributed by atoms with E-state index in [1.807, 2.05) is 37.4 Å². The van der Waals surface area contributed by atoms with E-state index >= 15 is 0 Å². The molecule has 0 spiro atoms. The van der Waals surface area contributed by atoms with Gasteiger partial charge in [-0.1, -0.05) is 25.1 Å². The molecule has 16 heavy (non-hydrogen) atoms. The number of benzene rings is 1. The minimum atomic E-state index is 0.0775. The Bertz CT molecular complexity index is 371. The third kappa shape index (κ3) is 2.25. The Hall–Kier alpha value is -1.35. The molecule has 1 amide bonds. The number of hydrogen-bond donors (Lipinski definition) is 0. The number of nitrogens with zero attached hydrogens (tertiary/aromatic N) is 1. The van der Waals surface area contributed by atoms with Crippen LogP contribution in [0.2, 0.25) is 0 Å². The summed E-state index contributed by atoms with van der Waals surface area (Å²) in [4.78, 5) is 13.8. The topological polar surface area (TPSA) is 29.5 Å². The zero-order valence-corrected chi connectivity index (χ0v) is 9.77. The lowest BCUT2D eigenvalue weighted by Crippen LogP contribution is -2.49. The summed E-state index contributed by atoms with van der Waals surface area (Å²) in [6.07, 6.45) is 0. The molecule has 1 aliphatic rings. The van der Waals surface area contributed by atoms with Crippen LogP contribution in [0, 0.1) is 5.41 Å². The molecule has 0 bridgehead atoms. The van der Waals surface area contributed by atoms with Gasteiger partial charge in [-0.3, -0.25) is 4.79 Å². The van der Waals surface area contributed by atoms with Gasteiger partial charge in [0, 0.05) is 24.6 Å². The Morgan fingerprint density at radius 1 is 1.38 bits per heavy atom. The lowest BCUT2D eigenvalue weighted by atomic mass is 9.88. The van der Waals surface area contributed by atoms with Gasteiger partial charge in [-0.05, 0) is 12.1 Å². The summed E-state index contributed by atoms with van der Waals surface area (Å²) in [6, 6.07) is 9.37. The van der Waals surface area contributed by atoms with E-state index in [1.54, 1.807) is 4.90 Å². The van der Waals surface area contributed by atoms with Gasteiger partial charge in [0.05, 0.1) is 13.2 Å².